The van der Waals surface area contributed by atoms with Crippen LogP contribution in [0.15, 0.2) is 23.5 Å². The first-order chi connectivity index (χ1) is 12.7. The Labute approximate surface area is 183 Å². The van der Waals surface area contributed by atoms with E-state index in [1.54, 1.807) is 0 Å². The summed E-state index contributed by atoms with van der Waals surface area (Å²) in [7, 11) is 2.10. The summed E-state index contributed by atoms with van der Waals surface area (Å²) in [5.74, 6) is 0.951. The van der Waals surface area contributed by atoms with Crippen LogP contribution in [-0.2, 0) is 25.8 Å². The molecule has 3 rings (SSSR count). The summed E-state index contributed by atoms with van der Waals surface area (Å²) in [4.78, 5) is 17.5. The van der Waals surface area contributed by atoms with E-state index in [4.69, 9.17) is 9.98 Å². The number of guanidine groups is 1. The van der Waals surface area contributed by atoms with Gasteiger partial charge >= 0.3 is 0 Å². The number of hydrogen-bond donors (Lipinski definition) is 1. The van der Waals surface area contributed by atoms with E-state index in [9.17, 15) is 0 Å². The zero-order valence-electron chi connectivity index (χ0n) is 16.5. The third-order valence-electron chi connectivity index (χ3n) is 4.74. The van der Waals surface area contributed by atoms with Crippen molar-refractivity contribution in [2.24, 2.45) is 4.99 Å². The topological polar surface area (TPSA) is 53.4 Å². The lowest BCUT2D eigenvalue weighted by molar-refractivity contribution is 0.475. The van der Waals surface area contributed by atoms with E-state index in [0.29, 0.717) is 0 Å². The number of thiazole rings is 1. The van der Waals surface area contributed by atoms with Crippen molar-refractivity contribution < 1.29 is 0 Å². The van der Waals surface area contributed by atoms with Crippen LogP contribution in [0.5, 0.6) is 0 Å². The lowest BCUT2D eigenvalue weighted by Crippen LogP contribution is -2.38. The van der Waals surface area contributed by atoms with Crippen molar-refractivity contribution in [2.45, 2.75) is 52.5 Å². The fraction of sp³-hybridized carbons (Fsp3) is 0.550. The van der Waals surface area contributed by atoms with Gasteiger partial charge in [-0.15, -0.1) is 35.3 Å². The quantitative estimate of drug-likeness (QED) is 0.371. The summed E-state index contributed by atoms with van der Waals surface area (Å²) in [6.07, 6.45) is 9.65. The molecule has 1 N–H and O–H groups in total. The van der Waals surface area contributed by atoms with E-state index < -0.39 is 0 Å². The van der Waals surface area contributed by atoms with Gasteiger partial charge in [-0.2, -0.15) is 0 Å². The van der Waals surface area contributed by atoms with Crippen molar-refractivity contribution in [2.75, 3.05) is 20.1 Å². The van der Waals surface area contributed by atoms with Gasteiger partial charge in [0.25, 0.3) is 0 Å². The maximum Gasteiger partial charge on any atom is 0.194 e. The van der Waals surface area contributed by atoms with Gasteiger partial charge in [0.1, 0.15) is 5.01 Å². The molecular weight excluding hydrogens is 469 g/mol. The van der Waals surface area contributed by atoms with Crippen molar-refractivity contribution in [3.63, 3.8) is 0 Å². The minimum atomic E-state index is 0. The Bertz CT molecular complexity index is 735. The average Bonchev–Trinajstić information content (AvgIpc) is 3.04. The van der Waals surface area contributed by atoms with Crippen LogP contribution in [0.4, 0.5) is 0 Å². The van der Waals surface area contributed by atoms with E-state index in [2.05, 4.69) is 42.2 Å². The molecule has 0 aliphatic heterocycles. The number of aryl methyl sites for hydroxylation is 3. The Morgan fingerprint density at radius 1 is 1.33 bits per heavy atom. The number of aliphatic imine (C=N–C) groups is 1. The Morgan fingerprint density at radius 3 is 2.89 bits per heavy atom. The van der Waals surface area contributed by atoms with Gasteiger partial charge in [-0.1, -0.05) is 0 Å². The standard InChI is InChI=1S/C20H29N5S.HI/c1-4-22-20(23-12-10-16-9-11-21-13-15(16)2)25(3)14-19-24-17-7-5-6-8-18(17)26-19;/h9,11,13H,4-8,10,12,14H2,1-3H3,(H,22,23);1H. The highest BCUT2D eigenvalue weighted by molar-refractivity contribution is 14.0. The van der Waals surface area contributed by atoms with Crippen LogP contribution in [-0.4, -0.2) is 41.0 Å². The molecule has 2 aromatic heterocycles. The van der Waals surface area contributed by atoms with Gasteiger partial charge in [0.15, 0.2) is 5.96 Å². The number of rotatable bonds is 6. The maximum absolute atomic E-state index is 4.86. The summed E-state index contributed by atoms with van der Waals surface area (Å²) in [6, 6.07) is 2.08. The molecule has 148 valence electrons. The van der Waals surface area contributed by atoms with Crippen LogP contribution < -0.4 is 5.32 Å². The molecule has 0 unspecified atom stereocenters. The van der Waals surface area contributed by atoms with Gasteiger partial charge in [-0.3, -0.25) is 9.98 Å². The molecule has 0 saturated heterocycles. The lowest BCUT2D eigenvalue weighted by Gasteiger charge is -2.21. The molecule has 7 heteroatoms. The number of halogens is 1. The van der Waals surface area contributed by atoms with E-state index in [-0.39, 0.29) is 24.0 Å². The summed E-state index contributed by atoms with van der Waals surface area (Å²) >= 11 is 1.88. The van der Waals surface area contributed by atoms with E-state index in [1.807, 2.05) is 23.7 Å². The second-order valence-electron chi connectivity index (χ2n) is 6.83. The SMILES string of the molecule is CCNC(=NCCc1ccncc1C)N(C)Cc1nc2c(s1)CCCC2.I. The van der Waals surface area contributed by atoms with Crippen LogP contribution in [0.1, 0.15) is 46.5 Å². The molecule has 5 nitrogen and oxygen atoms in total. The van der Waals surface area contributed by atoms with E-state index in [0.717, 1.165) is 38.4 Å². The Kier molecular flexibility index (Phi) is 8.95. The molecule has 1 aliphatic carbocycles. The van der Waals surface area contributed by atoms with Crippen molar-refractivity contribution >= 4 is 41.3 Å². The molecular formula is C20H30IN5S. The van der Waals surface area contributed by atoms with Crippen LogP contribution in [0.25, 0.3) is 0 Å². The molecule has 0 saturated carbocycles. The highest BCUT2D eigenvalue weighted by Crippen LogP contribution is 2.27. The molecule has 0 bridgehead atoms. The first-order valence-electron chi connectivity index (χ1n) is 9.53. The van der Waals surface area contributed by atoms with Crippen molar-refractivity contribution in [3.8, 4) is 0 Å². The first-order valence-corrected chi connectivity index (χ1v) is 10.4. The second-order valence-corrected chi connectivity index (χ2v) is 8.00. The minimum absolute atomic E-state index is 0. The normalized spacial score (nSPS) is 13.7. The third kappa shape index (κ3) is 6.14. The van der Waals surface area contributed by atoms with Crippen molar-refractivity contribution in [1.82, 2.24) is 20.2 Å². The first kappa shape index (κ1) is 22.1. The molecule has 0 aromatic carbocycles. The predicted molar refractivity (Wildman–Crippen MR) is 124 cm³/mol. The Balaban J connectivity index is 0.00000261. The van der Waals surface area contributed by atoms with Crippen LogP contribution in [0.3, 0.4) is 0 Å². The summed E-state index contributed by atoms with van der Waals surface area (Å²) in [5, 5.41) is 4.61. The lowest BCUT2D eigenvalue weighted by atomic mass is 10.0. The molecule has 0 radical (unpaired) electrons. The van der Waals surface area contributed by atoms with Gasteiger partial charge < -0.3 is 10.2 Å². The molecule has 0 amide bonds. The molecule has 0 fully saturated rings. The molecule has 2 aromatic rings. The number of aromatic nitrogens is 2. The van der Waals surface area contributed by atoms with Crippen LogP contribution in [0, 0.1) is 6.92 Å². The van der Waals surface area contributed by atoms with Crippen LogP contribution in [0.2, 0.25) is 0 Å². The highest BCUT2D eigenvalue weighted by Gasteiger charge is 2.16. The van der Waals surface area contributed by atoms with Gasteiger partial charge in [0.2, 0.25) is 0 Å². The molecule has 0 atom stereocenters. The number of pyridine rings is 1. The van der Waals surface area contributed by atoms with Crippen LogP contribution >= 0.6 is 35.3 Å². The monoisotopic (exact) mass is 499 g/mol. The summed E-state index contributed by atoms with van der Waals surface area (Å²) in [5.41, 5.74) is 3.88. The molecule has 2 heterocycles. The Morgan fingerprint density at radius 2 is 2.15 bits per heavy atom. The largest absolute Gasteiger partial charge is 0.357 e. The molecule has 1 aliphatic rings. The number of hydrogen-bond acceptors (Lipinski definition) is 4. The van der Waals surface area contributed by atoms with Gasteiger partial charge in [-0.25, -0.2) is 4.98 Å². The molecule has 0 spiro atoms. The fourth-order valence-corrected chi connectivity index (χ4v) is 4.50. The van der Waals surface area contributed by atoms with E-state index in [1.165, 1.54) is 46.0 Å². The van der Waals surface area contributed by atoms with Gasteiger partial charge in [0.05, 0.1) is 12.2 Å². The predicted octanol–water partition coefficient (Wildman–Crippen LogP) is 3.98. The van der Waals surface area contributed by atoms with Gasteiger partial charge in [-0.05, 0) is 63.1 Å². The van der Waals surface area contributed by atoms with Crippen molar-refractivity contribution in [1.29, 1.82) is 0 Å². The zero-order chi connectivity index (χ0) is 18.4. The summed E-state index contributed by atoms with van der Waals surface area (Å²) in [6.45, 7) is 6.67. The average molecular weight is 499 g/mol. The summed E-state index contributed by atoms with van der Waals surface area (Å²) < 4.78 is 0. The number of fused-ring (bicyclic) bond motifs is 1. The van der Waals surface area contributed by atoms with Gasteiger partial charge in [0, 0.05) is 37.4 Å². The molecule has 27 heavy (non-hydrogen) atoms. The third-order valence-corrected chi connectivity index (χ3v) is 5.88. The Hall–Kier alpha value is -1.22. The fourth-order valence-electron chi connectivity index (χ4n) is 3.29. The minimum Gasteiger partial charge on any atom is -0.357 e. The van der Waals surface area contributed by atoms with Crippen molar-refractivity contribution in [3.05, 3.63) is 45.2 Å². The maximum atomic E-state index is 4.86. The van der Waals surface area contributed by atoms with E-state index >= 15 is 0 Å². The number of nitrogens with zero attached hydrogens (tertiary/aromatic N) is 4. The highest BCUT2D eigenvalue weighted by atomic mass is 127. The second kappa shape index (κ2) is 10.9. The smallest absolute Gasteiger partial charge is 0.194 e. The number of nitrogens with one attached hydrogen (secondary N) is 1. The zero-order valence-corrected chi connectivity index (χ0v) is 19.6.